The van der Waals surface area contributed by atoms with Gasteiger partial charge in [-0.15, -0.1) is 0 Å². The van der Waals surface area contributed by atoms with E-state index in [-0.39, 0.29) is 11.6 Å². The van der Waals surface area contributed by atoms with Crippen molar-refractivity contribution < 1.29 is 4.79 Å². The first-order valence-electron chi connectivity index (χ1n) is 8.54. The number of nitrogens with zero attached hydrogens (tertiary/aromatic N) is 2. The Morgan fingerprint density at radius 2 is 1.50 bits per heavy atom. The van der Waals surface area contributed by atoms with Crippen LogP contribution in [0, 0.1) is 0 Å². The normalized spacial score (nSPS) is 10.3. The smallest absolute Gasteiger partial charge is 0.266 e. The molecule has 142 valence electrons. The van der Waals surface area contributed by atoms with Crippen molar-refractivity contribution in [2.24, 2.45) is 5.10 Å². The Balaban J connectivity index is 1.66. The van der Waals surface area contributed by atoms with Gasteiger partial charge in [0.15, 0.2) is 4.38 Å². The van der Waals surface area contributed by atoms with Crippen LogP contribution in [0.15, 0.2) is 84.1 Å². The van der Waals surface area contributed by atoms with E-state index in [0.717, 1.165) is 15.9 Å². The Morgan fingerprint density at radius 3 is 2.04 bits per heavy atom. The molecule has 0 atom stereocenters. The number of amides is 1. The van der Waals surface area contributed by atoms with E-state index in [9.17, 15) is 4.79 Å². The van der Waals surface area contributed by atoms with Gasteiger partial charge in [0, 0.05) is 22.7 Å². The number of nitrogens with one attached hydrogen (secondary N) is 1. The molecule has 1 amide bonds. The van der Waals surface area contributed by atoms with Gasteiger partial charge in [-0.25, -0.2) is 5.43 Å². The molecule has 1 N–H and O–H groups in total. The summed E-state index contributed by atoms with van der Waals surface area (Å²) in [6.07, 6.45) is 1.50. The van der Waals surface area contributed by atoms with Crippen molar-refractivity contribution in [2.45, 2.75) is 11.5 Å². The number of benzene rings is 2. The molecule has 4 nitrogen and oxygen atoms in total. The molecule has 0 saturated carbocycles. The van der Waals surface area contributed by atoms with Crippen LogP contribution in [0.2, 0.25) is 5.02 Å². The van der Waals surface area contributed by atoms with Gasteiger partial charge in [-0.1, -0.05) is 95.8 Å². The summed E-state index contributed by atoms with van der Waals surface area (Å²) < 4.78 is 0.781. The van der Waals surface area contributed by atoms with E-state index < -0.39 is 0 Å². The average molecular weight is 428 g/mol. The lowest BCUT2D eigenvalue weighted by Gasteiger charge is -2.07. The molecule has 0 bridgehead atoms. The van der Waals surface area contributed by atoms with Crippen molar-refractivity contribution in [3.05, 3.63) is 101 Å². The monoisotopic (exact) mass is 427 g/mol. The van der Waals surface area contributed by atoms with Crippen molar-refractivity contribution in [1.82, 2.24) is 10.4 Å². The standard InChI is InChI=1S/C21H18ClN3OS2/c22-18-11-12-23-19(13-18)20(26)24-25-21(27-14-16-7-3-1-4-8-16)28-15-17-9-5-2-6-10-17/h1-13H,14-15H2,(H,24,26). The molecular formula is C21H18ClN3OS2. The lowest BCUT2D eigenvalue weighted by atomic mass is 10.2. The van der Waals surface area contributed by atoms with Gasteiger partial charge in [-0.2, -0.15) is 5.10 Å². The van der Waals surface area contributed by atoms with Crippen LogP contribution in [0.3, 0.4) is 0 Å². The van der Waals surface area contributed by atoms with E-state index in [4.69, 9.17) is 11.6 Å². The van der Waals surface area contributed by atoms with Crippen LogP contribution < -0.4 is 5.43 Å². The number of pyridine rings is 1. The third kappa shape index (κ3) is 6.71. The van der Waals surface area contributed by atoms with Crippen LogP contribution in [0.1, 0.15) is 21.6 Å². The predicted molar refractivity (Wildman–Crippen MR) is 120 cm³/mol. The molecule has 0 aliphatic carbocycles. The highest BCUT2D eigenvalue weighted by atomic mass is 35.5. The first-order valence-corrected chi connectivity index (χ1v) is 10.9. The van der Waals surface area contributed by atoms with Gasteiger partial charge >= 0.3 is 0 Å². The largest absolute Gasteiger partial charge is 0.290 e. The minimum atomic E-state index is -0.388. The van der Waals surface area contributed by atoms with Gasteiger partial charge < -0.3 is 0 Å². The predicted octanol–water partition coefficient (Wildman–Crippen LogP) is 5.60. The molecule has 0 unspecified atom stereocenters. The second-order valence-electron chi connectivity index (χ2n) is 5.73. The molecule has 3 aromatic rings. The van der Waals surface area contributed by atoms with Crippen molar-refractivity contribution in [3.8, 4) is 0 Å². The second-order valence-corrected chi connectivity index (χ2v) is 8.35. The molecule has 1 heterocycles. The van der Waals surface area contributed by atoms with E-state index in [0.29, 0.717) is 5.02 Å². The Kier molecular flexibility index (Phi) is 7.96. The van der Waals surface area contributed by atoms with Crippen LogP contribution in [0.25, 0.3) is 0 Å². The zero-order valence-electron chi connectivity index (χ0n) is 14.9. The van der Waals surface area contributed by atoms with Crippen LogP contribution in [0.5, 0.6) is 0 Å². The Labute approximate surface area is 177 Å². The lowest BCUT2D eigenvalue weighted by Crippen LogP contribution is -2.19. The molecule has 0 aliphatic heterocycles. The van der Waals surface area contributed by atoms with E-state index in [1.54, 1.807) is 29.6 Å². The number of carbonyl (C=O) groups excluding carboxylic acids is 1. The highest BCUT2D eigenvalue weighted by Gasteiger charge is 2.09. The Hall–Kier alpha value is -2.28. The van der Waals surface area contributed by atoms with Crippen molar-refractivity contribution in [1.29, 1.82) is 0 Å². The van der Waals surface area contributed by atoms with Gasteiger partial charge in [0.1, 0.15) is 5.69 Å². The zero-order chi connectivity index (χ0) is 19.6. The molecule has 28 heavy (non-hydrogen) atoms. The van der Waals surface area contributed by atoms with Crippen molar-refractivity contribution in [2.75, 3.05) is 0 Å². The molecule has 0 fully saturated rings. The molecular weight excluding hydrogens is 410 g/mol. The zero-order valence-corrected chi connectivity index (χ0v) is 17.3. The molecule has 7 heteroatoms. The number of hydrazone groups is 1. The van der Waals surface area contributed by atoms with E-state index >= 15 is 0 Å². The van der Waals surface area contributed by atoms with Crippen LogP contribution in [-0.2, 0) is 11.5 Å². The molecule has 2 aromatic carbocycles. The SMILES string of the molecule is O=C(NN=C(SCc1ccccc1)SCc1ccccc1)c1cc(Cl)ccn1. The number of hydrogen-bond acceptors (Lipinski definition) is 5. The van der Waals surface area contributed by atoms with Crippen molar-refractivity contribution in [3.63, 3.8) is 0 Å². The minimum absolute atomic E-state index is 0.233. The molecule has 0 radical (unpaired) electrons. The molecule has 0 spiro atoms. The highest BCUT2D eigenvalue weighted by Crippen LogP contribution is 2.24. The number of halogens is 1. The van der Waals surface area contributed by atoms with Gasteiger partial charge in [0.2, 0.25) is 0 Å². The quantitative estimate of drug-likeness (QED) is 0.316. The van der Waals surface area contributed by atoms with Gasteiger partial charge in [0.05, 0.1) is 0 Å². The van der Waals surface area contributed by atoms with E-state index in [1.807, 2.05) is 36.4 Å². The number of thioether (sulfide) groups is 2. The summed E-state index contributed by atoms with van der Waals surface area (Å²) in [6.45, 7) is 0. The minimum Gasteiger partial charge on any atom is -0.266 e. The average Bonchev–Trinajstić information content (AvgIpc) is 2.74. The first-order chi connectivity index (χ1) is 13.7. The maximum absolute atomic E-state index is 12.3. The number of hydrogen-bond donors (Lipinski definition) is 1. The van der Waals surface area contributed by atoms with Gasteiger partial charge in [-0.05, 0) is 23.3 Å². The molecule has 1 aromatic heterocycles. The van der Waals surface area contributed by atoms with E-state index in [1.165, 1.54) is 23.4 Å². The fourth-order valence-corrected chi connectivity index (χ4v) is 4.26. The van der Waals surface area contributed by atoms with E-state index in [2.05, 4.69) is 39.8 Å². The third-order valence-electron chi connectivity index (χ3n) is 3.61. The topological polar surface area (TPSA) is 54.4 Å². The summed E-state index contributed by atoms with van der Waals surface area (Å²) in [4.78, 5) is 16.3. The van der Waals surface area contributed by atoms with Crippen molar-refractivity contribution >= 4 is 45.4 Å². The summed E-state index contributed by atoms with van der Waals surface area (Å²) >= 11 is 9.09. The number of aromatic nitrogens is 1. The summed E-state index contributed by atoms with van der Waals surface area (Å²) in [5.41, 5.74) is 5.21. The maximum atomic E-state index is 12.3. The summed E-state index contributed by atoms with van der Waals surface area (Å²) in [5, 5.41) is 4.78. The van der Waals surface area contributed by atoms with Gasteiger partial charge in [-0.3, -0.25) is 9.78 Å². The fraction of sp³-hybridized carbons (Fsp3) is 0.0952. The van der Waals surface area contributed by atoms with Gasteiger partial charge in [0.25, 0.3) is 5.91 Å². The first kappa shape index (κ1) is 20.5. The Bertz CT molecular complexity index is 891. The Morgan fingerprint density at radius 1 is 0.929 bits per heavy atom. The number of carbonyl (C=O) groups is 1. The third-order valence-corrected chi connectivity index (χ3v) is 6.19. The molecule has 0 saturated heterocycles. The second kappa shape index (κ2) is 10.9. The summed E-state index contributed by atoms with van der Waals surface area (Å²) in [6, 6.07) is 23.4. The van der Waals surface area contributed by atoms with Crippen LogP contribution in [0.4, 0.5) is 0 Å². The van der Waals surface area contributed by atoms with Crippen LogP contribution >= 0.6 is 35.1 Å². The molecule has 0 aliphatic rings. The number of rotatable bonds is 6. The summed E-state index contributed by atoms with van der Waals surface area (Å²) in [5.74, 6) is 1.15. The highest BCUT2D eigenvalue weighted by molar-refractivity contribution is 8.38. The molecule has 3 rings (SSSR count). The fourth-order valence-electron chi connectivity index (χ4n) is 2.23. The maximum Gasteiger partial charge on any atom is 0.290 e. The lowest BCUT2D eigenvalue weighted by molar-refractivity contribution is 0.0950. The summed E-state index contributed by atoms with van der Waals surface area (Å²) in [7, 11) is 0. The van der Waals surface area contributed by atoms with Crippen LogP contribution in [-0.4, -0.2) is 15.3 Å².